The molecule has 0 saturated carbocycles. The zero-order chi connectivity index (χ0) is 17.6. The second-order valence-electron chi connectivity index (χ2n) is 6.66. The third-order valence-corrected chi connectivity index (χ3v) is 4.69. The van der Waals surface area contributed by atoms with Crippen LogP contribution in [0.25, 0.3) is 22.6 Å². The molecular weight excluding hydrogens is 322 g/mol. The molecule has 1 saturated heterocycles. The van der Waals surface area contributed by atoms with Crippen molar-refractivity contribution in [1.29, 1.82) is 0 Å². The average molecular weight is 345 g/mol. The Morgan fingerprint density at radius 1 is 1.04 bits per heavy atom. The molecule has 132 valence electrons. The smallest absolute Gasteiger partial charge is 0.162 e. The predicted octanol–water partition coefficient (Wildman–Crippen LogP) is 3.62. The van der Waals surface area contributed by atoms with Gasteiger partial charge in [0, 0.05) is 36.1 Å². The molecule has 1 aromatic carbocycles. The number of nitrogens with one attached hydrogen (secondary N) is 2. The number of nitrogens with zero attached hydrogens (tertiary/aromatic N) is 3. The summed E-state index contributed by atoms with van der Waals surface area (Å²) < 4.78 is 0. The Balaban J connectivity index is 1.64. The third kappa shape index (κ3) is 4.06. The van der Waals surface area contributed by atoms with E-state index in [1.807, 2.05) is 54.7 Å². The highest BCUT2D eigenvalue weighted by molar-refractivity contribution is 5.66. The fourth-order valence-corrected chi connectivity index (χ4v) is 3.26. The topological polar surface area (TPSA) is 62.7 Å². The highest BCUT2D eigenvalue weighted by Gasteiger charge is 2.14. The van der Waals surface area contributed by atoms with Crippen molar-refractivity contribution >= 4 is 5.82 Å². The van der Waals surface area contributed by atoms with Gasteiger partial charge in [0.05, 0.1) is 5.69 Å². The van der Waals surface area contributed by atoms with Crippen LogP contribution in [-0.2, 0) is 0 Å². The van der Waals surface area contributed by atoms with Gasteiger partial charge >= 0.3 is 0 Å². The van der Waals surface area contributed by atoms with Crippen LogP contribution in [-0.4, -0.2) is 34.6 Å². The van der Waals surface area contributed by atoms with Crippen LogP contribution in [0.5, 0.6) is 0 Å². The van der Waals surface area contributed by atoms with Crippen molar-refractivity contribution < 1.29 is 0 Å². The van der Waals surface area contributed by atoms with Crippen LogP contribution in [0.2, 0.25) is 0 Å². The standard InChI is InChI=1S/C21H23N5/c1-2-7-17(8-3-1)21-25-19(18-9-5-11-23-15-18)12-20(26-21)24-14-16-6-4-10-22-13-16/h1-3,5,7-9,11-12,15-16,22H,4,6,10,13-14H2,(H,24,25,26). The Kier molecular flexibility index (Phi) is 5.17. The van der Waals surface area contributed by atoms with Crippen LogP contribution >= 0.6 is 0 Å². The van der Waals surface area contributed by atoms with Crippen LogP contribution in [0.1, 0.15) is 12.8 Å². The fraction of sp³-hybridized carbons (Fsp3) is 0.286. The number of benzene rings is 1. The first kappa shape index (κ1) is 16.7. The van der Waals surface area contributed by atoms with Gasteiger partial charge in [-0.1, -0.05) is 30.3 Å². The maximum Gasteiger partial charge on any atom is 0.162 e. The summed E-state index contributed by atoms with van der Waals surface area (Å²) in [6.45, 7) is 3.12. The molecule has 2 aromatic heterocycles. The van der Waals surface area contributed by atoms with Gasteiger partial charge in [-0.3, -0.25) is 4.98 Å². The van der Waals surface area contributed by atoms with Crippen LogP contribution in [0, 0.1) is 5.92 Å². The van der Waals surface area contributed by atoms with E-state index in [1.165, 1.54) is 12.8 Å². The van der Waals surface area contributed by atoms with Crippen molar-refractivity contribution in [2.24, 2.45) is 5.92 Å². The van der Waals surface area contributed by atoms with Crippen LogP contribution in [0.4, 0.5) is 5.82 Å². The molecule has 3 heterocycles. The van der Waals surface area contributed by atoms with Gasteiger partial charge < -0.3 is 10.6 Å². The molecule has 0 amide bonds. The Morgan fingerprint density at radius 3 is 2.69 bits per heavy atom. The number of piperidine rings is 1. The molecule has 5 nitrogen and oxygen atoms in total. The molecular formula is C21H23N5. The molecule has 3 aromatic rings. The molecule has 0 bridgehead atoms. The number of anilines is 1. The minimum Gasteiger partial charge on any atom is -0.370 e. The number of hydrogen-bond donors (Lipinski definition) is 2. The Labute approximate surface area is 153 Å². The van der Waals surface area contributed by atoms with Crippen LogP contribution in [0.15, 0.2) is 60.9 Å². The molecule has 26 heavy (non-hydrogen) atoms. The highest BCUT2D eigenvalue weighted by atomic mass is 15.0. The Hall–Kier alpha value is -2.79. The van der Waals surface area contributed by atoms with Gasteiger partial charge in [-0.25, -0.2) is 9.97 Å². The normalized spacial score (nSPS) is 17.0. The molecule has 4 rings (SSSR count). The molecule has 2 N–H and O–H groups in total. The summed E-state index contributed by atoms with van der Waals surface area (Å²) in [5, 5.41) is 6.99. The first-order chi connectivity index (χ1) is 12.9. The van der Waals surface area contributed by atoms with Crippen molar-refractivity contribution in [3.63, 3.8) is 0 Å². The lowest BCUT2D eigenvalue weighted by atomic mass is 10.00. The van der Waals surface area contributed by atoms with E-state index in [0.717, 1.165) is 48.1 Å². The second kappa shape index (κ2) is 8.06. The molecule has 0 spiro atoms. The third-order valence-electron chi connectivity index (χ3n) is 4.69. The van der Waals surface area contributed by atoms with E-state index in [4.69, 9.17) is 9.97 Å². The highest BCUT2D eigenvalue weighted by Crippen LogP contribution is 2.24. The second-order valence-corrected chi connectivity index (χ2v) is 6.66. The Morgan fingerprint density at radius 2 is 1.92 bits per heavy atom. The van der Waals surface area contributed by atoms with E-state index in [1.54, 1.807) is 6.20 Å². The van der Waals surface area contributed by atoms with Crippen molar-refractivity contribution in [3.8, 4) is 22.6 Å². The van der Waals surface area contributed by atoms with Gasteiger partial charge in [0.2, 0.25) is 0 Å². The minimum absolute atomic E-state index is 0.640. The van der Waals surface area contributed by atoms with Crippen LogP contribution in [0.3, 0.4) is 0 Å². The zero-order valence-electron chi connectivity index (χ0n) is 14.7. The first-order valence-corrected chi connectivity index (χ1v) is 9.18. The summed E-state index contributed by atoms with van der Waals surface area (Å²) >= 11 is 0. The summed E-state index contributed by atoms with van der Waals surface area (Å²) in [7, 11) is 0. The van der Waals surface area contributed by atoms with E-state index >= 15 is 0 Å². The summed E-state index contributed by atoms with van der Waals surface area (Å²) in [6.07, 6.45) is 6.11. The molecule has 1 fully saturated rings. The minimum atomic E-state index is 0.640. The number of rotatable bonds is 5. The lowest BCUT2D eigenvalue weighted by Crippen LogP contribution is -2.33. The van der Waals surface area contributed by atoms with Crippen molar-refractivity contribution in [1.82, 2.24) is 20.3 Å². The van der Waals surface area contributed by atoms with Gasteiger partial charge in [-0.05, 0) is 44.0 Å². The summed E-state index contributed by atoms with van der Waals surface area (Å²) in [6, 6.07) is 16.1. The van der Waals surface area contributed by atoms with Crippen molar-refractivity contribution in [2.45, 2.75) is 12.8 Å². The SMILES string of the molecule is c1ccc(-c2nc(NCC3CCCNC3)cc(-c3cccnc3)n2)cc1. The zero-order valence-corrected chi connectivity index (χ0v) is 14.7. The van der Waals surface area contributed by atoms with E-state index in [2.05, 4.69) is 15.6 Å². The maximum absolute atomic E-state index is 4.77. The maximum atomic E-state index is 4.77. The lowest BCUT2D eigenvalue weighted by Gasteiger charge is -2.23. The average Bonchev–Trinajstić information content (AvgIpc) is 2.74. The van der Waals surface area contributed by atoms with Crippen molar-refractivity contribution in [3.05, 3.63) is 60.9 Å². The van der Waals surface area contributed by atoms with E-state index in [-0.39, 0.29) is 0 Å². The predicted molar refractivity (Wildman–Crippen MR) is 105 cm³/mol. The molecule has 1 aliphatic heterocycles. The largest absolute Gasteiger partial charge is 0.370 e. The fourth-order valence-electron chi connectivity index (χ4n) is 3.26. The first-order valence-electron chi connectivity index (χ1n) is 9.18. The van der Waals surface area contributed by atoms with Crippen molar-refractivity contribution in [2.75, 3.05) is 25.0 Å². The molecule has 1 atom stereocenters. The Bertz CT molecular complexity index is 772. The van der Waals surface area contributed by atoms with Gasteiger partial charge in [0.25, 0.3) is 0 Å². The number of pyridine rings is 1. The van der Waals surface area contributed by atoms with E-state index in [0.29, 0.717) is 5.92 Å². The molecule has 1 aliphatic rings. The monoisotopic (exact) mass is 345 g/mol. The van der Waals surface area contributed by atoms with E-state index < -0.39 is 0 Å². The molecule has 5 heteroatoms. The molecule has 0 aliphatic carbocycles. The summed E-state index contributed by atoms with van der Waals surface area (Å²) in [5.74, 6) is 2.24. The summed E-state index contributed by atoms with van der Waals surface area (Å²) in [4.78, 5) is 13.7. The van der Waals surface area contributed by atoms with Gasteiger partial charge in [0.15, 0.2) is 5.82 Å². The quantitative estimate of drug-likeness (QED) is 0.739. The molecule has 1 unspecified atom stereocenters. The van der Waals surface area contributed by atoms with E-state index in [9.17, 15) is 0 Å². The summed E-state index contributed by atoms with van der Waals surface area (Å²) in [5.41, 5.74) is 2.89. The number of aromatic nitrogens is 3. The van der Waals surface area contributed by atoms with Gasteiger partial charge in [-0.2, -0.15) is 0 Å². The van der Waals surface area contributed by atoms with Gasteiger partial charge in [-0.15, -0.1) is 0 Å². The van der Waals surface area contributed by atoms with Crippen LogP contribution < -0.4 is 10.6 Å². The lowest BCUT2D eigenvalue weighted by molar-refractivity contribution is 0.392. The van der Waals surface area contributed by atoms with Gasteiger partial charge in [0.1, 0.15) is 5.82 Å². The number of hydrogen-bond acceptors (Lipinski definition) is 5. The molecule has 0 radical (unpaired) electrons.